The highest BCUT2D eigenvalue weighted by Crippen LogP contribution is 2.31. The van der Waals surface area contributed by atoms with Crippen LogP contribution in [-0.4, -0.2) is 11.1 Å². The molecule has 1 aromatic heterocycles. The largest absolute Gasteiger partial charge is 0.457 e. The Bertz CT molecular complexity index is 1110. The third-order valence-corrected chi connectivity index (χ3v) is 5.24. The summed E-state index contributed by atoms with van der Waals surface area (Å²) in [5, 5.41) is 4.01. The zero-order chi connectivity index (χ0) is 19.7. The molecule has 6 heteroatoms. The Labute approximate surface area is 172 Å². The molecule has 0 unspecified atom stereocenters. The monoisotopic (exact) mass is 408 g/mol. The van der Waals surface area contributed by atoms with Crippen LogP contribution in [0.1, 0.15) is 16.9 Å². The van der Waals surface area contributed by atoms with Gasteiger partial charge in [0.25, 0.3) is 5.91 Å². The average Bonchev–Trinajstić information content (AvgIpc) is 3.21. The Balaban J connectivity index is 1.56. The number of furan rings is 1. The lowest BCUT2D eigenvalue weighted by Gasteiger charge is -2.00. The summed E-state index contributed by atoms with van der Waals surface area (Å²) in [4.78, 5) is 17.4. The summed E-state index contributed by atoms with van der Waals surface area (Å²) in [5.41, 5.74) is 3.97. The number of halogens is 1. The first-order valence-corrected chi connectivity index (χ1v) is 9.89. The van der Waals surface area contributed by atoms with Crippen LogP contribution in [0.2, 0.25) is 5.02 Å². The van der Waals surface area contributed by atoms with Gasteiger partial charge in [0.15, 0.2) is 5.17 Å². The highest BCUT2D eigenvalue weighted by molar-refractivity contribution is 8.18. The molecule has 0 radical (unpaired) electrons. The van der Waals surface area contributed by atoms with Crippen molar-refractivity contribution in [2.24, 2.45) is 4.99 Å². The summed E-state index contributed by atoms with van der Waals surface area (Å²) >= 11 is 7.33. The van der Waals surface area contributed by atoms with E-state index in [1.165, 1.54) is 11.8 Å². The van der Waals surface area contributed by atoms with Gasteiger partial charge < -0.3 is 9.73 Å². The maximum absolute atomic E-state index is 12.3. The van der Waals surface area contributed by atoms with Crippen molar-refractivity contribution in [3.63, 3.8) is 0 Å². The van der Waals surface area contributed by atoms with Crippen molar-refractivity contribution in [2.75, 3.05) is 0 Å². The SMILES string of the molecule is Cc1cc(C)cc(N=C2NC(=O)/C(=C/c3ccc(-c4cccc(Cl)c4)o3)S2)c1. The lowest BCUT2D eigenvalue weighted by Crippen LogP contribution is -2.19. The number of aryl methyl sites for hydroxylation is 2. The van der Waals surface area contributed by atoms with Gasteiger partial charge in [-0.05, 0) is 73.1 Å². The molecule has 4 nitrogen and oxygen atoms in total. The molecule has 1 aliphatic heterocycles. The van der Waals surface area contributed by atoms with E-state index in [1.807, 2.05) is 62.4 Å². The maximum Gasteiger partial charge on any atom is 0.264 e. The fraction of sp³-hybridized carbons (Fsp3) is 0.0909. The fourth-order valence-corrected chi connectivity index (χ4v) is 3.98. The number of nitrogens with zero attached hydrogens (tertiary/aromatic N) is 1. The summed E-state index contributed by atoms with van der Waals surface area (Å²) in [6.45, 7) is 4.05. The third kappa shape index (κ3) is 4.21. The first kappa shape index (κ1) is 18.6. The van der Waals surface area contributed by atoms with Gasteiger partial charge >= 0.3 is 0 Å². The first-order chi connectivity index (χ1) is 13.5. The Hall–Kier alpha value is -2.76. The summed E-state index contributed by atoms with van der Waals surface area (Å²) in [6.07, 6.45) is 1.72. The van der Waals surface area contributed by atoms with Crippen molar-refractivity contribution in [3.05, 3.63) is 81.4 Å². The molecule has 0 atom stereocenters. The second-order valence-electron chi connectivity index (χ2n) is 6.54. The molecule has 1 saturated heterocycles. The number of carbonyl (C=O) groups is 1. The minimum Gasteiger partial charge on any atom is -0.457 e. The lowest BCUT2D eigenvalue weighted by atomic mass is 10.1. The van der Waals surface area contributed by atoms with Crippen LogP contribution in [0.15, 0.2) is 68.9 Å². The number of hydrogen-bond acceptors (Lipinski definition) is 4. The van der Waals surface area contributed by atoms with Gasteiger partial charge in [0.05, 0.1) is 10.6 Å². The van der Waals surface area contributed by atoms with Crippen LogP contribution >= 0.6 is 23.4 Å². The van der Waals surface area contributed by atoms with E-state index in [1.54, 1.807) is 6.08 Å². The summed E-state index contributed by atoms with van der Waals surface area (Å²) < 4.78 is 5.85. The van der Waals surface area contributed by atoms with Crippen LogP contribution < -0.4 is 5.32 Å². The molecule has 140 valence electrons. The van der Waals surface area contributed by atoms with Gasteiger partial charge in [-0.1, -0.05) is 29.8 Å². The number of aliphatic imine (C=N–C) groups is 1. The molecule has 0 saturated carbocycles. The van der Waals surface area contributed by atoms with E-state index in [-0.39, 0.29) is 5.91 Å². The van der Waals surface area contributed by atoms with E-state index in [0.29, 0.717) is 26.6 Å². The number of hydrogen-bond donors (Lipinski definition) is 1. The van der Waals surface area contributed by atoms with Crippen molar-refractivity contribution in [2.45, 2.75) is 13.8 Å². The number of nitrogens with one attached hydrogen (secondary N) is 1. The normalized spacial score (nSPS) is 16.8. The van der Waals surface area contributed by atoms with Crippen molar-refractivity contribution in [1.82, 2.24) is 5.32 Å². The highest BCUT2D eigenvalue weighted by atomic mass is 35.5. The van der Waals surface area contributed by atoms with Crippen molar-refractivity contribution < 1.29 is 9.21 Å². The summed E-state index contributed by atoms with van der Waals surface area (Å²) in [5.74, 6) is 1.11. The molecule has 28 heavy (non-hydrogen) atoms. The second-order valence-corrected chi connectivity index (χ2v) is 8.01. The molecule has 4 rings (SSSR count). The second kappa shape index (κ2) is 7.70. The van der Waals surface area contributed by atoms with Gasteiger partial charge in [0.1, 0.15) is 11.5 Å². The van der Waals surface area contributed by atoms with E-state index in [0.717, 1.165) is 22.4 Å². The van der Waals surface area contributed by atoms with Gasteiger partial charge in [-0.3, -0.25) is 4.79 Å². The van der Waals surface area contributed by atoms with E-state index < -0.39 is 0 Å². The van der Waals surface area contributed by atoms with Crippen LogP contribution in [0, 0.1) is 13.8 Å². The van der Waals surface area contributed by atoms with Gasteiger partial charge in [0, 0.05) is 16.7 Å². The van der Waals surface area contributed by atoms with Crippen LogP contribution in [-0.2, 0) is 4.79 Å². The number of thioether (sulfide) groups is 1. The summed E-state index contributed by atoms with van der Waals surface area (Å²) in [7, 11) is 0. The predicted octanol–water partition coefficient (Wildman–Crippen LogP) is 6.11. The molecule has 1 N–H and O–H groups in total. The first-order valence-electron chi connectivity index (χ1n) is 8.70. The fourth-order valence-electron chi connectivity index (χ4n) is 2.97. The maximum atomic E-state index is 12.3. The number of rotatable bonds is 3. The molecule has 2 heterocycles. The molecule has 0 spiro atoms. The Morgan fingerprint density at radius 3 is 2.61 bits per heavy atom. The Morgan fingerprint density at radius 1 is 1.07 bits per heavy atom. The van der Waals surface area contributed by atoms with Gasteiger partial charge in [-0.25, -0.2) is 4.99 Å². The van der Waals surface area contributed by atoms with Gasteiger partial charge in [-0.2, -0.15) is 0 Å². The van der Waals surface area contributed by atoms with E-state index in [4.69, 9.17) is 16.0 Å². The highest BCUT2D eigenvalue weighted by Gasteiger charge is 2.24. The Morgan fingerprint density at radius 2 is 1.86 bits per heavy atom. The molecule has 0 aliphatic carbocycles. The molecule has 1 aliphatic rings. The molecule has 1 amide bonds. The standard InChI is InChI=1S/C22H17ClN2O2S/c1-13-8-14(2)10-17(9-13)24-22-25-21(26)20(28-22)12-18-6-7-19(27-18)15-4-3-5-16(23)11-15/h3-12H,1-2H3,(H,24,25,26)/b20-12-. The lowest BCUT2D eigenvalue weighted by molar-refractivity contribution is -0.115. The molecular weight excluding hydrogens is 392 g/mol. The van der Waals surface area contributed by atoms with Crippen molar-refractivity contribution in [3.8, 4) is 11.3 Å². The number of carbonyl (C=O) groups excluding carboxylic acids is 1. The quantitative estimate of drug-likeness (QED) is 0.532. The Kier molecular flexibility index (Phi) is 5.11. The van der Waals surface area contributed by atoms with Crippen molar-refractivity contribution in [1.29, 1.82) is 0 Å². The number of benzene rings is 2. The predicted molar refractivity (Wildman–Crippen MR) is 116 cm³/mol. The van der Waals surface area contributed by atoms with Crippen LogP contribution in [0.4, 0.5) is 5.69 Å². The minimum absolute atomic E-state index is 0.186. The van der Waals surface area contributed by atoms with E-state index in [2.05, 4.69) is 16.4 Å². The zero-order valence-electron chi connectivity index (χ0n) is 15.3. The third-order valence-electron chi connectivity index (χ3n) is 4.10. The molecule has 3 aromatic rings. The number of amides is 1. The van der Waals surface area contributed by atoms with E-state index >= 15 is 0 Å². The van der Waals surface area contributed by atoms with Crippen LogP contribution in [0.25, 0.3) is 17.4 Å². The van der Waals surface area contributed by atoms with Crippen LogP contribution in [0.5, 0.6) is 0 Å². The molecule has 1 fully saturated rings. The average molecular weight is 409 g/mol. The van der Waals surface area contributed by atoms with E-state index in [9.17, 15) is 4.79 Å². The van der Waals surface area contributed by atoms with Gasteiger partial charge in [0.2, 0.25) is 0 Å². The smallest absolute Gasteiger partial charge is 0.264 e. The van der Waals surface area contributed by atoms with Crippen molar-refractivity contribution >= 4 is 46.2 Å². The van der Waals surface area contributed by atoms with Crippen LogP contribution in [0.3, 0.4) is 0 Å². The number of amidine groups is 1. The molecule has 2 aromatic carbocycles. The molecule has 0 bridgehead atoms. The van der Waals surface area contributed by atoms with Gasteiger partial charge in [-0.15, -0.1) is 0 Å². The topological polar surface area (TPSA) is 54.6 Å². The minimum atomic E-state index is -0.186. The summed E-state index contributed by atoms with van der Waals surface area (Å²) in [6, 6.07) is 17.2. The molecular formula is C22H17ClN2O2S. The zero-order valence-corrected chi connectivity index (χ0v) is 16.9.